The number of benzene rings is 6. The van der Waals surface area contributed by atoms with Crippen molar-refractivity contribution in [3.63, 3.8) is 0 Å². The van der Waals surface area contributed by atoms with E-state index in [4.69, 9.17) is 0 Å². The molecule has 2 saturated carbocycles. The van der Waals surface area contributed by atoms with Crippen molar-refractivity contribution in [1.82, 2.24) is 0 Å². The van der Waals surface area contributed by atoms with Gasteiger partial charge >= 0.3 is 0 Å². The first-order valence-electron chi connectivity index (χ1n) is 19.3. The van der Waals surface area contributed by atoms with Gasteiger partial charge in [-0.2, -0.15) is 0 Å². The molecule has 0 heterocycles. The molecule has 0 aliphatic heterocycles. The van der Waals surface area contributed by atoms with E-state index in [1.165, 1.54) is 131 Å². The minimum absolute atomic E-state index is 0.0670. The number of hydrogen-bond donors (Lipinski definition) is 0. The third-order valence-electron chi connectivity index (χ3n) is 12.5. The quantitative estimate of drug-likeness (QED) is 0.173. The van der Waals surface area contributed by atoms with Gasteiger partial charge in [0.15, 0.2) is 0 Å². The predicted molar refractivity (Wildman–Crippen MR) is 213 cm³/mol. The van der Waals surface area contributed by atoms with E-state index in [2.05, 4.69) is 146 Å². The average Bonchev–Trinajstić information content (AvgIpc) is 3.41. The number of fused-ring (bicyclic) bond motifs is 4. The van der Waals surface area contributed by atoms with E-state index in [0.29, 0.717) is 11.8 Å². The van der Waals surface area contributed by atoms with Gasteiger partial charge in [-0.15, -0.1) is 0 Å². The Morgan fingerprint density at radius 2 is 1.12 bits per heavy atom. The summed E-state index contributed by atoms with van der Waals surface area (Å²) in [7, 11) is 0. The van der Waals surface area contributed by atoms with Crippen LogP contribution >= 0.6 is 0 Å². The smallest absolute Gasteiger partial charge is 0.0540 e. The zero-order valence-electron chi connectivity index (χ0n) is 29.8. The molecule has 0 spiro atoms. The van der Waals surface area contributed by atoms with Gasteiger partial charge in [0.1, 0.15) is 0 Å². The molecule has 0 saturated heterocycles. The summed E-state index contributed by atoms with van der Waals surface area (Å²) in [6.45, 7) is 4.87. The molecule has 1 heteroatoms. The fraction of sp³-hybridized carbons (Fsp3) is 0.306. The zero-order valence-corrected chi connectivity index (χ0v) is 29.8. The van der Waals surface area contributed by atoms with Crippen LogP contribution in [0.1, 0.15) is 112 Å². The van der Waals surface area contributed by atoms with Crippen molar-refractivity contribution in [2.45, 2.75) is 95.3 Å². The summed E-state index contributed by atoms with van der Waals surface area (Å²) in [5.41, 5.74) is 15.0. The Balaban J connectivity index is 1.14. The van der Waals surface area contributed by atoms with Crippen LogP contribution in [0, 0.1) is 0 Å². The van der Waals surface area contributed by atoms with Crippen LogP contribution in [0.15, 0.2) is 127 Å². The van der Waals surface area contributed by atoms with Gasteiger partial charge in [0.25, 0.3) is 0 Å². The molecule has 6 aromatic carbocycles. The van der Waals surface area contributed by atoms with Gasteiger partial charge in [0.05, 0.1) is 5.69 Å². The Morgan fingerprint density at radius 1 is 0.500 bits per heavy atom. The second-order valence-corrected chi connectivity index (χ2v) is 15.8. The number of rotatable bonds is 6. The maximum atomic E-state index is 2.57. The number of hydrogen-bond acceptors (Lipinski definition) is 1. The lowest BCUT2D eigenvalue weighted by molar-refractivity contribution is 0.443. The van der Waals surface area contributed by atoms with Gasteiger partial charge in [-0.05, 0) is 118 Å². The van der Waals surface area contributed by atoms with Gasteiger partial charge in [-0.1, -0.05) is 149 Å². The highest BCUT2D eigenvalue weighted by atomic mass is 15.1. The van der Waals surface area contributed by atoms with Crippen LogP contribution in [0.25, 0.3) is 33.0 Å². The highest BCUT2D eigenvalue weighted by Crippen LogP contribution is 2.52. The predicted octanol–water partition coefficient (Wildman–Crippen LogP) is 14.4. The van der Waals surface area contributed by atoms with Crippen molar-refractivity contribution in [2.75, 3.05) is 4.90 Å². The monoisotopic (exact) mass is 651 g/mol. The van der Waals surface area contributed by atoms with Gasteiger partial charge in [0.2, 0.25) is 0 Å². The fourth-order valence-corrected chi connectivity index (χ4v) is 9.72. The Hall–Kier alpha value is -4.62. The van der Waals surface area contributed by atoms with Crippen molar-refractivity contribution in [3.8, 4) is 22.3 Å². The van der Waals surface area contributed by atoms with Crippen molar-refractivity contribution in [1.29, 1.82) is 0 Å². The van der Waals surface area contributed by atoms with Gasteiger partial charge in [-0.3, -0.25) is 0 Å². The second kappa shape index (κ2) is 12.9. The maximum absolute atomic E-state index is 2.57. The second-order valence-electron chi connectivity index (χ2n) is 15.8. The molecule has 3 aliphatic rings. The molecule has 2 fully saturated rings. The van der Waals surface area contributed by atoms with Gasteiger partial charge in [0, 0.05) is 22.2 Å². The zero-order chi connectivity index (χ0) is 33.7. The SMILES string of the molecule is CC1(C)c2cc(C3CCCCC3)ccc2-c2ccc(N(c3ccc(-c4ccccc4C4CCCCC4)cc3)c3cccc4ccccc34)cc21. The Morgan fingerprint density at radius 3 is 1.90 bits per heavy atom. The molecule has 0 N–H and O–H groups in total. The van der Waals surface area contributed by atoms with E-state index < -0.39 is 0 Å². The molecule has 1 nitrogen and oxygen atoms in total. The molecule has 0 atom stereocenters. The highest BCUT2D eigenvalue weighted by molar-refractivity contribution is 5.99. The summed E-state index contributed by atoms with van der Waals surface area (Å²) >= 11 is 0. The Kier molecular flexibility index (Phi) is 8.11. The topological polar surface area (TPSA) is 3.24 Å². The van der Waals surface area contributed by atoms with Gasteiger partial charge in [-0.25, -0.2) is 0 Å². The Bertz CT molecular complexity index is 2150. The molecule has 50 heavy (non-hydrogen) atoms. The van der Waals surface area contributed by atoms with Crippen molar-refractivity contribution >= 4 is 27.8 Å². The van der Waals surface area contributed by atoms with E-state index in [1.54, 1.807) is 5.56 Å². The summed E-state index contributed by atoms with van der Waals surface area (Å²) in [6, 6.07) is 48.8. The average molecular weight is 652 g/mol. The molecule has 0 aromatic heterocycles. The number of nitrogens with zero attached hydrogens (tertiary/aromatic N) is 1. The third kappa shape index (κ3) is 5.47. The van der Waals surface area contributed by atoms with Crippen molar-refractivity contribution in [2.24, 2.45) is 0 Å². The van der Waals surface area contributed by atoms with Crippen LogP contribution in [-0.2, 0) is 5.41 Å². The minimum atomic E-state index is -0.0670. The van der Waals surface area contributed by atoms with E-state index >= 15 is 0 Å². The minimum Gasteiger partial charge on any atom is -0.310 e. The van der Waals surface area contributed by atoms with E-state index in [1.807, 2.05) is 0 Å². The molecule has 3 aliphatic carbocycles. The van der Waals surface area contributed by atoms with E-state index in [0.717, 1.165) is 0 Å². The van der Waals surface area contributed by atoms with Gasteiger partial charge < -0.3 is 4.90 Å². The lowest BCUT2D eigenvalue weighted by atomic mass is 9.79. The first kappa shape index (κ1) is 31.4. The van der Waals surface area contributed by atoms with Crippen molar-refractivity contribution < 1.29 is 0 Å². The molecule has 0 unspecified atom stereocenters. The van der Waals surface area contributed by atoms with E-state index in [-0.39, 0.29) is 5.41 Å². The molecule has 0 bridgehead atoms. The third-order valence-corrected chi connectivity index (χ3v) is 12.5. The molecular formula is C49H49N. The molecular weight excluding hydrogens is 603 g/mol. The summed E-state index contributed by atoms with van der Waals surface area (Å²) in [4.78, 5) is 2.49. The largest absolute Gasteiger partial charge is 0.310 e. The highest BCUT2D eigenvalue weighted by Gasteiger charge is 2.37. The van der Waals surface area contributed by atoms with Crippen LogP contribution in [0.5, 0.6) is 0 Å². The standard InChI is InChI=1S/C49H49N/c1-49(2)46-32-38(34-14-5-3-6-15-34)26-30-44(46)45-31-29-40(33-47(45)49)50(48-23-13-19-36-18-9-10-22-43(36)48)39-27-24-37(25-28-39)42-21-12-11-20-41(42)35-16-7-4-8-17-35/h9-13,18-35H,3-8,14-17H2,1-2H3. The van der Waals surface area contributed by atoms with Crippen LogP contribution in [-0.4, -0.2) is 0 Å². The van der Waals surface area contributed by atoms with E-state index in [9.17, 15) is 0 Å². The summed E-state index contributed by atoms with van der Waals surface area (Å²) in [6.07, 6.45) is 13.5. The van der Waals surface area contributed by atoms with Crippen LogP contribution in [0.3, 0.4) is 0 Å². The summed E-state index contributed by atoms with van der Waals surface area (Å²) < 4.78 is 0. The molecule has 9 rings (SSSR count). The van der Waals surface area contributed by atoms with Crippen LogP contribution in [0.2, 0.25) is 0 Å². The molecule has 0 amide bonds. The first-order chi connectivity index (χ1) is 24.6. The molecule has 6 aromatic rings. The Labute approximate surface area is 299 Å². The van der Waals surface area contributed by atoms with Crippen LogP contribution < -0.4 is 4.90 Å². The summed E-state index contributed by atoms with van der Waals surface area (Å²) in [5, 5.41) is 2.53. The maximum Gasteiger partial charge on any atom is 0.0540 e. The van der Waals surface area contributed by atoms with Crippen molar-refractivity contribution in [3.05, 3.63) is 150 Å². The normalized spacial score (nSPS) is 17.4. The lowest BCUT2D eigenvalue weighted by Gasteiger charge is -2.29. The molecule has 250 valence electrons. The first-order valence-corrected chi connectivity index (χ1v) is 19.3. The fourth-order valence-electron chi connectivity index (χ4n) is 9.72. The lowest BCUT2D eigenvalue weighted by Crippen LogP contribution is -2.17. The summed E-state index contributed by atoms with van der Waals surface area (Å²) in [5.74, 6) is 1.38. The molecule has 0 radical (unpaired) electrons. The van der Waals surface area contributed by atoms with Crippen LogP contribution in [0.4, 0.5) is 17.1 Å². The number of anilines is 3.